The van der Waals surface area contributed by atoms with Gasteiger partial charge in [0.05, 0.1) is 37.2 Å². The highest BCUT2D eigenvalue weighted by Crippen LogP contribution is 2.36. The summed E-state index contributed by atoms with van der Waals surface area (Å²) in [7, 11) is 0. The van der Waals surface area contributed by atoms with E-state index in [-0.39, 0.29) is 17.6 Å². The van der Waals surface area contributed by atoms with Crippen molar-refractivity contribution in [1.82, 2.24) is 15.0 Å². The number of likely N-dealkylation sites (tertiary alicyclic amines) is 1. The lowest BCUT2D eigenvalue weighted by molar-refractivity contribution is -0.0472. The van der Waals surface area contributed by atoms with Gasteiger partial charge in [0.1, 0.15) is 0 Å². The first-order chi connectivity index (χ1) is 12.6. The SMILES string of the molecule is Cc1cc(C(=O)N2CCC[C@]3(C[C@@H](OCc4cccnc4)CO3)C2)on1. The number of hydrogen-bond acceptors (Lipinski definition) is 6. The molecule has 1 spiro atoms. The van der Waals surface area contributed by atoms with Crippen LogP contribution in [0.25, 0.3) is 0 Å². The highest BCUT2D eigenvalue weighted by molar-refractivity contribution is 5.91. The van der Waals surface area contributed by atoms with Gasteiger partial charge in [-0.25, -0.2) is 0 Å². The maximum Gasteiger partial charge on any atom is 0.292 e. The predicted molar refractivity (Wildman–Crippen MR) is 92.5 cm³/mol. The number of carbonyl (C=O) groups excluding carboxylic acids is 1. The molecule has 7 nitrogen and oxygen atoms in total. The Morgan fingerprint density at radius 2 is 2.42 bits per heavy atom. The largest absolute Gasteiger partial charge is 0.371 e. The van der Waals surface area contributed by atoms with Crippen molar-refractivity contribution in [3.8, 4) is 0 Å². The molecule has 7 heteroatoms. The van der Waals surface area contributed by atoms with Gasteiger partial charge in [-0.2, -0.15) is 0 Å². The normalized spacial score (nSPS) is 25.7. The van der Waals surface area contributed by atoms with Crippen LogP contribution in [-0.2, 0) is 16.1 Å². The Bertz CT molecular complexity index is 763. The molecule has 2 atom stereocenters. The average Bonchev–Trinajstić information content (AvgIpc) is 3.27. The zero-order chi connectivity index (χ0) is 18.0. The second-order valence-corrected chi connectivity index (χ2v) is 7.16. The van der Waals surface area contributed by atoms with Crippen LogP contribution in [0.2, 0.25) is 0 Å². The summed E-state index contributed by atoms with van der Waals surface area (Å²) >= 11 is 0. The van der Waals surface area contributed by atoms with Gasteiger partial charge in [-0.05, 0) is 31.4 Å². The Hall–Kier alpha value is -2.25. The second kappa shape index (κ2) is 7.17. The molecule has 26 heavy (non-hydrogen) atoms. The Morgan fingerprint density at radius 1 is 1.50 bits per heavy atom. The lowest BCUT2D eigenvalue weighted by Gasteiger charge is -2.39. The van der Waals surface area contributed by atoms with E-state index < -0.39 is 0 Å². The molecule has 1 amide bonds. The summed E-state index contributed by atoms with van der Waals surface area (Å²) < 4.78 is 17.3. The summed E-state index contributed by atoms with van der Waals surface area (Å²) in [6.07, 6.45) is 6.25. The molecule has 2 aliphatic heterocycles. The number of carbonyl (C=O) groups is 1. The molecule has 2 fully saturated rings. The van der Waals surface area contributed by atoms with Crippen LogP contribution in [0.4, 0.5) is 0 Å². The molecule has 0 unspecified atom stereocenters. The molecule has 0 radical (unpaired) electrons. The van der Waals surface area contributed by atoms with Crippen LogP contribution in [-0.4, -0.2) is 52.3 Å². The van der Waals surface area contributed by atoms with E-state index >= 15 is 0 Å². The smallest absolute Gasteiger partial charge is 0.292 e. The Balaban J connectivity index is 1.35. The highest BCUT2D eigenvalue weighted by atomic mass is 16.6. The molecule has 0 aromatic carbocycles. The van der Waals surface area contributed by atoms with Crippen molar-refractivity contribution in [2.75, 3.05) is 19.7 Å². The van der Waals surface area contributed by atoms with E-state index in [0.717, 1.165) is 24.8 Å². The minimum Gasteiger partial charge on any atom is -0.371 e. The van der Waals surface area contributed by atoms with Crippen LogP contribution >= 0.6 is 0 Å². The summed E-state index contributed by atoms with van der Waals surface area (Å²) in [5, 5.41) is 3.81. The van der Waals surface area contributed by atoms with Crippen molar-refractivity contribution in [2.45, 2.75) is 44.5 Å². The van der Waals surface area contributed by atoms with Crippen LogP contribution in [0.1, 0.15) is 41.1 Å². The Labute approximate surface area is 152 Å². The van der Waals surface area contributed by atoms with Gasteiger partial charge in [-0.3, -0.25) is 9.78 Å². The molecule has 2 aliphatic rings. The third kappa shape index (κ3) is 3.64. The summed E-state index contributed by atoms with van der Waals surface area (Å²) in [6.45, 7) is 4.17. The Kier molecular flexibility index (Phi) is 4.74. The molecule has 0 aliphatic carbocycles. The number of aryl methyl sites for hydroxylation is 1. The molecule has 138 valence electrons. The molecule has 0 bridgehead atoms. The first-order valence-corrected chi connectivity index (χ1v) is 9.01. The number of aromatic nitrogens is 2. The van der Waals surface area contributed by atoms with Crippen LogP contribution in [0.15, 0.2) is 35.1 Å². The number of pyridine rings is 1. The zero-order valence-electron chi connectivity index (χ0n) is 14.9. The van der Waals surface area contributed by atoms with Crippen molar-refractivity contribution in [2.24, 2.45) is 0 Å². The number of ether oxygens (including phenoxy) is 2. The third-order valence-corrected chi connectivity index (χ3v) is 5.05. The van der Waals surface area contributed by atoms with Crippen molar-refractivity contribution in [1.29, 1.82) is 0 Å². The summed E-state index contributed by atoms with van der Waals surface area (Å²) in [4.78, 5) is 18.6. The van der Waals surface area contributed by atoms with Crippen LogP contribution in [0, 0.1) is 6.92 Å². The number of hydrogen-bond donors (Lipinski definition) is 0. The topological polar surface area (TPSA) is 77.7 Å². The molecule has 4 heterocycles. The van der Waals surface area contributed by atoms with Crippen molar-refractivity contribution in [3.63, 3.8) is 0 Å². The second-order valence-electron chi connectivity index (χ2n) is 7.16. The van der Waals surface area contributed by atoms with E-state index in [2.05, 4.69) is 10.1 Å². The number of piperidine rings is 1. The average molecular weight is 357 g/mol. The molecule has 2 saturated heterocycles. The number of rotatable bonds is 4. The van der Waals surface area contributed by atoms with Gasteiger partial charge in [0.15, 0.2) is 0 Å². The van der Waals surface area contributed by atoms with E-state index in [4.69, 9.17) is 14.0 Å². The maximum absolute atomic E-state index is 12.6. The minimum atomic E-state index is -0.317. The van der Waals surface area contributed by atoms with Gasteiger partial charge in [-0.1, -0.05) is 11.2 Å². The molecule has 4 rings (SSSR count). The van der Waals surface area contributed by atoms with Gasteiger partial charge in [0, 0.05) is 31.4 Å². The first-order valence-electron chi connectivity index (χ1n) is 9.01. The van der Waals surface area contributed by atoms with Crippen LogP contribution in [0.3, 0.4) is 0 Å². The minimum absolute atomic E-state index is 0.0396. The lowest BCUT2D eigenvalue weighted by Crippen LogP contribution is -2.50. The molecule has 0 N–H and O–H groups in total. The van der Waals surface area contributed by atoms with Crippen molar-refractivity contribution >= 4 is 5.91 Å². The molecule has 2 aromatic heterocycles. The van der Waals surface area contributed by atoms with Gasteiger partial charge in [-0.15, -0.1) is 0 Å². The van der Waals surface area contributed by atoms with Gasteiger partial charge in [0.25, 0.3) is 5.91 Å². The predicted octanol–water partition coefficient (Wildman–Crippen LogP) is 2.36. The van der Waals surface area contributed by atoms with E-state index in [1.807, 2.05) is 30.2 Å². The van der Waals surface area contributed by atoms with Gasteiger partial charge in [0.2, 0.25) is 5.76 Å². The fourth-order valence-corrected chi connectivity index (χ4v) is 3.78. The first kappa shape index (κ1) is 17.2. The standard InChI is InChI=1S/C19H23N3O4/c1-14-8-17(26-21-14)18(23)22-7-3-5-19(13-22)9-16(12-25-19)24-11-15-4-2-6-20-10-15/h2,4,6,8,10,16H,3,5,7,9,11-13H2,1H3/t16-,19+/m1/s1. The van der Waals surface area contributed by atoms with E-state index in [0.29, 0.717) is 37.8 Å². The zero-order valence-corrected chi connectivity index (χ0v) is 14.9. The quantitative estimate of drug-likeness (QED) is 0.836. The molecular formula is C19H23N3O4. The summed E-state index contributed by atoms with van der Waals surface area (Å²) in [5.41, 5.74) is 1.44. The lowest BCUT2D eigenvalue weighted by atomic mass is 9.89. The fraction of sp³-hybridized carbons (Fsp3) is 0.526. The van der Waals surface area contributed by atoms with Crippen molar-refractivity contribution < 1.29 is 18.8 Å². The molecule has 2 aromatic rings. The van der Waals surface area contributed by atoms with E-state index in [1.165, 1.54) is 0 Å². The number of nitrogens with zero attached hydrogens (tertiary/aromatic N) is 3. The highest BCUT2D eigenvalue weighted by Gasteiger charge is 2.45. The monoisotopic (exact) mass is 357 g/mol. The molecule has 0 saturated carbocycles. The third-order valence-electron chi connectivity index (χ3n) is 5.05. The van der Waals surface area contributed by atoms with E-state index in [9.17, 15) is 4.79 Å². The van der Waals surface area contributed by atoms with Crippen LogP contribution < -0.4 is 0 Å². The molecular weight excluding hydrogens is 334 g/mol. The Morgan fingerprint density at radius 3 is 3.19 bits per heavy atom. The summed E-state index contributed by atoms with van der Waals surface area (Å²) in [6, 6.07) is 5.58. The summed E-state index contributed by atoms with van der Waals surface area (Å²) in [5.74, 6) is 0.176. The van der Waals surface area contributed by atoms with Crippen LogP contribution in [0.5, 0.6) is 0 Å². The van der Waals surface area contributed by atoms with E-state index in [1.54, 1.807) is 12.3 Å². The van der Waals surface area contributed by atoms with Crippen molar-refractivity contribution in [3.05, 3.63) is 47.6 Å². The van der Waals surface area contributed by atoms with Gasteiger partial charge >= 0.3 is 0 Å². The number of amides is 1. The fourth-order valence-electron chi connectivity index (χ4n) is 3.78. The van der Waals surface area contributed by atoms with Gasteiger partial charge < -0.3 is 18.9 Å². The maximum atomic E-state index is 12.6.